The van der Waals surface area contributed by atoms with Gasteiger partial charge in [0, 0.05) is 13.0 Å². The van der Waals surface area contributed by atoms with Gasteiger partial charge in [-0.05, 0) is 12.8 Å². The van der Waals surface area contributed by atoms with Crippen LogP contribution in [-0.2, 0) is 4.79 Å². The van der Waals surface area contributed by atoms with Crippen molar-refractivity contribution in [2.75, 3.05) is 11.0 Å². The van der Waals surface area contributed by atoms with Crippen LogP contribution in [0.5, 0.6) is 0 Å². The van der Waals surface area contributed by atoms with Gasteiger partial charge in [-0.1, -0.05) is 22.6 Å². The number of hydrogen-bond donors (Lipinski definition) is 2. The van der Waals surface area contributed by atoms with Crippen LogP contribution >= 0.6 is 22.6 Å². The van der Waals surface area contributed by atoms with Crippen molar-refractivity contribution in [3.63, 3.8) is 0 Å². The highest BCUT2D eigenvalue weighted by Crippen LogP contribution is 1.98. The first-order valence-electron chi connectivity index (χ1n) is 3.80. The summed E-state index contributed by atoms with van der Waals surface area (Å²) in [5.41, 5.74) is 10.2. The molecule has 5 heteroatoms. The van der Waals surface area contributed by atoms with E-state index in [-0.39, 0.29) is 5.96 Å². The summed E-state index contributed by atoms with van der Waals surface area (Å²) in [6.45, 7) is 0.622. The van der Waals surface area contributed by atoms with Gasteiger partial charge in [0.2, 0.25) is 0 Å². The second-order valence-electron chi connectivity index (χ2n) is 2.44. The molecule has 0 aliphatic heterocycles. The molecule has 0 bridgehead atoms. The lowest BCUT2D eigenvalue weighted by Crippen LogP contribution is -2.22. The summed E-state index contributed by atoms with van der Waals surface area (Å²) >= 11 is 2.07. The van der Waals surface area contributed by atoms with Crippen molar-refractivity contribution < 1.29 is 4.79 Å². The zero-order valence-electron chi connectivity index (χ0n) is 6.92. The molecule has 4 nitrogen and oxygen atoms in total. The lowest BCUT2D eigenvalue weighted by molar-refractivity contribution is -0.116. The van der Waals surface area contributed by atoms with Crippen LogP contribution < -0.4 is 11.5 Å². The second-order valence-corrected chi connectivity index (χ2v) is 3.20. The molecule has 0 heterocycles. The van der Waals surface area contributed by atoms with Gasteiger partial charge >= 0.3 is 0 Å². The van der Waals surface area contributed by atoms with Gasteiger partial charge in [-0.25, -0.2) is 0 Å². The van der Waals surface area contributed by atoms with E-state index in [0.717, 1.165) is 12.8 Å². The standard InChI is InChI=1S/C7H14IN3O/c8-5-6(12)3-1-2-4-11-7(9)10/h1-5H2,(H4,9,10,11). The third-order valence-electron chi connectivity index (χ3n) is 1.31. The summed E-state index contributed by atoms with van der Waals surface area (Å²) in [5, 5.41) is 0. The fourth-order valence-electron chi connectivity index (χ4n) is 0.709. The molecule has 0 rings (SSSR count). The first kappa shape index (κ1) is 11.7. The molecular formula is C7H14IN3O. The number of nitrogens with zero attached hydrogens (tertiary/aromatic N) is 1. The van der Waals surface area contributed by atoms with Crippen molar-refractivity contribution in [1.82, 2.24) is 0 Å². The number of aliphatic imine (C=N–C) groups is 1. The number of ketones is 1. The maximum absolute atomic E-state index is 10.8. The van der Waals surface area contributed by atoms with Crippen LogP contribution in [0, 0.1) is 0 Å². The van der Waals surface area contributed by atoms with Crippen LogP contribution in [0.2, 0.25) is 0 Å². The van der Waals surface area contributed by atoms with Gasteiger partial charge < -0.3 is 11.5 Å². The van der Waals surface area contributed by atoms with Crippen LogP contribution in [0.3, 0.4) is 0 Å². The number of rotatable bonds is 6. The molecule has 70 valence electrons. The van der Waals surface area contributed by atoms with E-state index in [1.807, 2.05) is 0 Å². The third kappa shape index (κ3) is 7.77. The lowest BCUT2D eigenvalue weighted by atomic mass is 10.2. The minimum atomic E-state index is 0.121. The number of guanidine groups is 1. The summed E-state index contributed by atoms with van der Waals surface area (Å²) in [5.74, 6) is 0.413. The summed E-state index contributed by atoms with van der Waals surface area (Å²) in [4.78, 5) is 14.6. The Bertz CT molecular complexity index is 166. The number of carbonyl (C=O) groups excluding carboxylic acids is 1. The molecule has 0 radical (unpaired) electrons. The van der Waals surface area contributed by atoms with Gasteiger partial charge in [-0.3, -0.25) is 9.79 Å². The fraction of sp³-hybridized carbons (Fsp3) is 0.714. The summed E-state index contributed by atoms with van der Waals surface area (Å²) in [6.07, 6.45) is 2.39. The Balaban J connectivity index is 3.22. The van der Waals surface area contributed by atoms with Crippen LogP contribution in [-0.4, -0.2) is 22.7 Å². The number of Topliss-reactive ketones (excluding diaryl/α,β-unsaturated/α-hetero) is 1. The Hall–Kier alpha value is -0.330. The largest absolute Gasteiger partial charge is 0.370 e. The van der Waals surface area contributed by atoms with Crippen molar-refractivity contribution in [3.8, 4) is 0 Å². The zero-order valence-corrected chi connectivity index (χ0v) is 9.08. The Labute approximate surface area is 85.9 Å². The number of alkyl halides is 1. The molecule has 0 unspecified atom stereocenters. The highest BCUT2D eigenvalue weighted by molar-refractivity contribution is 14.1. The van der Waals surface area contributed by atoms with Crippen LogP contribution in [0.25, 0.3) is 0 Å². The van der Waals surface area contributed by atoms with Gasteiger partial charge in [-0.2, -0.15) is 0 Å². The molecule has 0 saturated carbocycles. The maximum atomic E-state index is 10.8. The number of nitrogens with two attached hydrogens (primary N) is 2. The summed E-state index contributed by atoms with van der Waals surface area (Å²) in [6, 6.07) is 0. The predicted octanol–water partition coefficient (Wildman–Crippen LogP) is 0.434. The van der Waals surface area contributed by atoms with E-state index in [2.05, 4.69) is 27.6 Å². The van der Waals surface area contributed by atoms with Crippen molar-refractivity contribution in [3.05, 3.63) is 0 Å². The van der Waals surface area contributed by atoms with E-state index in [9.17, 15) is 4.79 Å². The van der Waals surface area contributed by atoms with Crippen molar-refractivity contribution in [2.45, 2.75) is 19.3 Å². The highest BCUT2D eigenvalue weighted by Gasteiger charge is 1.97. The summed E-state index contributed by atoms with van der Waals surface area (Å²) in [7, 11) is 0. The van der Waals surface area contributed by atoms with Crippen molar-refractivity contribution in [1.29, 1.82) is 0 Å². The zero-order chi connectivity index (χ0) is 9.40. The quantitative estimate of drug-likeness (QED) is 0.244. The maximum Gasteiger partial charge on any atom is 0.185 e. The van der Waals surface area contributed by atoms with Gasteiger partial charge in [0.25, 0.3) is 0 Å². The monoisotopic (exact) mass is 283 g/mol. The number of carbonyl (C=O) groups is 1. The second kappa shape index (κ2) is 7.33. The number of hydrogen-bond acceptors (Lipinski definition) is 2. The molecule has 0 aliphatic rings. The molecule has 12 heavy (non-hydrogen) atoms. The topological polar surface area (TPSA) is 81.5 Å². The minimum absolute atomic E-state index is 0.121. The average Bonchev–Trinajstić information content (AvgIpc) is 2.03. The molecule has 0 saturated heterocycles. The lowest BCUT2D eigenvalue weighted by Gasteiger charge is -1.95. The highest BCUT2D eigenvalue weighted by atomic mass is 127. The molecule has 0 fully saturated rings. The number of halogens is 1. The molecule has 0 aliphatic carbocycles. The van der Waals surface area contributed by atoms with Crippen LogP contribution in [0.4, 0.5) is 0 Å². The van der Waals surface area contributed by atoms with Gasteiger partial charge in [0.1, 0.15) is 5.78 Å². The summed E-state index contributed by atoms with van der Waals surface area (Å²) < 4.78 is 0.597. The van der Waals surface area contributed by atoms with E-state index < -0.39 is 0 Å². The van der Waals surface area contributed by atoms with E-state index >= 15 is 0 Å². The Kier molecular flexibility index (Phi) is 7.12. The molecular weight excluding hydrogens is 269 g/mol. The fourth-order valence-corrected chi connectivity index (χ4v) is 1.09. The first-order chi connectivity index (χ1) is 5.66. The molecule has 0 atom stereocenters. The van der Waals surface area contributed by atoms with E-state index in [1.165, 1.54) is 0 Å². The Morgan fingerprint density at radius 1 is 1.33 bits per heavy atom. The van der Waals surface area contributed by atoms with Gasteiger partial charge in [0.15, 0.2) is 5.96 Å². The molecule has 0 aromatic carbocycles. The van der Waals surface area contributed by atoms with Crippen LogP contribution in [0.1, 0.15) is 19.3 Å². The third-order valence-corrected chi connectivity index (χ3v) is 2.16. The van der Waals surface area contributed by atoms with Gasteiger partial charge in [0.05, 0.1) is 4.43 Å². The van der Waals surface area contributed by atoms with Gasteiger partial charge in [-0.15, -0.1) is 0 Å². The minimum Gasteiger partial charge on any atom is -0.370 e. The smallest absolute Gasteiger partial charge is 0.185 e. The Morgan fingerprint density at radius 2 is 2.00 bits per heavy atom. The number of unbranched alkanes of at least 4 members (excludes halogenated alkanes) is 1. The van der Waals surface area contributed by atoms with E-state index in [4.69, 9.17) is 11.5 Å². The van der Waals surface area contributed by atoms with E-state index in [1.54, 1.807) is 0 Å². The normalized spacial score (nSPS) is 9.42. The predicted molar refractivity (Wildman–Crippen MR) is 58.4 cm³/mol. The van der Waals surface area contributed by atoms with Crippen molar-refractivity contribution in [2.24, 2.45) is 16.5 Å². The average molecular weight is 283 g/mol. The van der Waals surface area contributed by atoms with Crippen molar-refractivity contribution >= 4 is 34.3 Å². The molecule has 0 aromatic heterocycles. The molecule has 0 spiro atoms. The van der Waals surface area contributed by atoms with E-state index in [0.29, 0.717) is 23.2 Å². The molecule has 0 amide bonds. The SMILES string of the molecule is NC(N)=NCCCCC(=O)CI. The van der Waals surface area contributed by atoms with Crippen LogP contribution in [0.15, 0.2) is 4.99 Å². The molecule has 4 N–H and O–H groups in total. The first-order valence-corrected chi connectivity index (χ1v) is 5.32. The molecule has 0 aromatic rings. The Morgan fingerprint density at radius 3 is 2.50 bits per heavy atom.